The second-order valence-electron chi connectivity index (χ2n) is 5.91. The number of benzene rings is 1. The van der Waals surface area contributed by atoms with Gasteiger partial charge in [-0.3, -0.25) is 9.59 Å². The lowest BCUT2D eigenvalue weighted by molar-refractivity contribution is -0.117. The van der Waals surface area contributed by atoms with Crippen LogP contribution in [0.4, 0.5) is 5.82 Å². The minimum absolute atomic E-state index is 0.327. The first-order chi connectivity index (χ1) is 12.5. The van der Waals surface area contributed by atoms with Gasteiger partial charge in [0.05, 0.1) is 7.11 Å². The molecule has 2 N–H and O–H groups in total. The van der Waals surface area contributed by atoms with Crippen LogP contribution < -0.4 is 15.4 Å². The van der Waals surface area contributed by atoms with E-state index in [1.165, 1.54) is 0 Å². The second kappa shape index (κ2) is 7.26. The lowest BCUT2D eigenvalue weighted by Crippen LogP contribution is -2.42. The van der Waals surface area contributed by atoms with Gasteiger partial charge in [-0.05, 0) is 43.3 Å². The smallest absolute Gasteiger partial charge is 0.268 e. The Bertz CT molecular complexity index is 950. The molecule has 0 aliphatic rings. The fraction of sp³-hybridized carbons (Fsp3) is 0.211. The Kier molecular flexibility index (Phi) is 4.88. The summed E-state index contributed by atoms with van der Waals surface area (Å²) < 4.78 is 7.00. The van der Waals surface area contributed by atoms with Crippen LogP contribution in [0.2, 0.25) is 0 Å². The third kappa shape index (κ3) is 3.51. The van der Waals surface area contributed by atoms with Crippen molar-refractivity contribution >= 4 is 28.5 Å². The SMILES string of the molecule is COc1ccc2c(c1)cc(C(=O)N[C@@H](C)C(=O)Nc1ccccn1)n2C. The van der Waals surface area contributed by atoms with E-state index in [0.29, 0.717) is 11.5 Å². The summed E-state index contributed by atoms with van der Waals surface area (Å²) in [5.41, 5.74) is 1.37. The Labute approximate surface area is 151 Å². The van der Waals surface area contributed by atoms with Gasteiger partial charge in [0.1, 0.15) is 23.3 Å². The maximum atomic E-state index is 12.6. The molecule has 3 aromatic rings. The van der Waals surface area contributed by atoms with Gasteiger partial charge < -0.3 is 19.9 Å². The number of nitrogens with one attached hydrogen (secondary N) is 2. The number of carbonyl (C=O) groups excluding carboxylic acids is 2. The standard InChI is InChI=1S/C19H20N4O3/c1-12(18(24)22-17-6-4-5-9-20-17)21-19(25)16-11-13-10-14(26-3)7-8-15(13)23(16)2/h4-12H,1-3H3,(H,21,25)(H,20,22,24)/t12-/m0/s1. The summed E-state index contributed by atoms with van der Waals surface area (Å²) in [7, 11) is 3.40. The van der Waals surface area contributed by atoms with Gasteiger partial charge in [-0.25, -0.2) is 4.98 Å². The second-order valence-corrected chi connectivity index (χ2v) is 5.91. The third-order valence-corrected chi connectivity index (χ3v) is 4.14. The molecule has 0 bridgehead atoms. The molecular weight excluding hydrogens is 332 g/mol. The Morgan fingerprint density at radius 2 is 2.00 bits per heavy atom. The fourth-order valence-electron chi connectivity index (χ4n) is 2.68. The molecule has 26 heavy (non-hydrogen) atoms. The monoisotopic (exact) mass is 352 g/mol. The highest BCUT2D eigenvalue weighted by Gasteiger charge is 2.20. The third-order valence-electron chi connectivity index (χ3n) is 4.14. The summed E-state index contributed by atoms with van der Waals surface area (Å²) in [6.45, 7) is 1.63. The Balaban J connectivity index is 1.74. The topological polar surface area (TPSA) is 85.2 Å². The van der Waals surface area contributed by atoms with E-state index in [4.69, 9.17) is 4.74 Å². The molecule has 2 amide bonds. The Hall–Kier alpha value is -3.35. The zero-order valence-electron chi connectivity index (χ0n) is 14.8. The van der Waals surface area contributed by atoms with Crippen molar-refractivity contribution in [3.8, 4) is 5.75 Å². The molecule has 1 atom stereocenters. The largest absolute Gasteiger partial charge is 0.497 e. The molecule has 0 fully saturated rings. The number of anilines is 1. The molecule has 0 saturated heterocycles. The number of pyridine rings is 1. The zero-order valence-corrected chi connectivity index (χ0v) is 14.8. The van der Waals surface area contributed by atoms with E-state index in [0.717, 1.165) is 16.7 Å². The van der Waals surface area contributed by atoms with Crippen molar-refractivity contribution in [1.82, 2.24) is 14.9 Å². The predicted octanol–water partition coefficient (Wildman–Crippen LogP) is 2.34. The summed E-state index contributed by atoms with van der Waals surface area (Å²) >= 11 is 0. The summed E-state index contributed by atoms with van der Waals surface area (Å²) in [6.07, 6.45) is 1.59. The van der Waals surface area contributed by atoms with Crippen LogP contribution in [0.15, 0.2) is 48.7 Å². The number of rotatable bonds is 5. The average Bonchev–Trinajstić information content (AvgIpc) is 2.98. The molecular formula is C19H20N4O3. The Morgan fingerprint density at radius 1 is 1.19 bits per heavy atom. The molecule has 0 aliphatic carbocycles. The van der Waals surface area contributed by atoms with E-state index in [-0.39, 0.29) is 11.8 Å². The van der Waals surface area contributed by atoms with Crippen molar-refractivity contribution in [2.75, 3.05) is 12.4 Å². The van der Waals surface area contributed by atoms with Gasteiger partial charge in [0.15, 0.2) is 0 Å². The molecule has 3 rings (SSSR count). The van der Waals surface area contributed by atoms with Gasteiger partial charge in [0.2, 0.25) is 5.91 Å². The molecule has 1 aromatic carbocycles. The summed E-state index contributed by atoms with van der Waals surface area (Å²) in [5, 5.41) is 6.27. The number of aromatic nitrogens is 2. The van der Waals surface area contributed by atoms with Crippen LogP contribution in [0.3, 0.4) is 0 Å². The highest BCUT2D eigenvalue weighted by molar-refractivity contribution is 6.02. The number of fused-ring (bicyclic) bond motifs is 1. The van der Waals surface area contributed by atoms with E-state index < -0.39 is 6.04 Å². The van der Waals surface area contributed by atoms with Crippen molar-refractivity contribution in [3.63, 3.8) is 0 Å². The van der Waals surface area contributed by atoms with Gasteiger partial charge in [0, 0.05) is 24.1 Å². The van der Waals surface area contributed by atoms with E-state index >= 15 is 0 Å². The normalized spacial score (nSPS) is 11.8. The van der Waals surface area contributed by atoms with E-state index in [9.17, 15) is 9.59 Å². The van der Waals surface area contributed by atoms with Crippen LogP contribution in [0.25, 0.3) is 10.9 Å². The van der Waals surface area contributed by atoms with Gasteiger partial charge >= 0.3 is 0 Å². The molecule has 0 radical (unpaired) electrons. The number of amides is 2. The molecule has 7 heteroatoms. The minimum atomic E-state index is -0.711. The summed E-state index contributed by atoms with van der Waals surface area (Å²) in [6, 6.07) is 11.9. The quantitative estimate of drug-likeness (QED) is 0.738. The molecule has 2 heterocycles. The molecule has 0 spiro atoms. The number of hydrogen-bond acceptors (Lipinski definition) is 4. The van der Waals surface area contributed by atoms with Crippen molar-refractivity contribution < 1.29 is 14.3 Å². The average molecular weight is 352 g/mol. The van der Waals surface area contributed by atoms with E-state index in [1.807, 2.05) is 25.2 Å². The number of methoxy groups -OCH3 is 1. The summed E-state index contributed by atoms with van der Waals surface area (Å²) in [4.78, 5) is 28.9. The van der Waals surface area contributed by atoms with E-state index in [2.05, 4.69) is 15.6 Å². The van der Waals surface area contributed by atoms with Gasteiger partial charge in [-0.15, -0.1) is 0 Å². The van der Waals surface area contributed by atoms with Crippen LogP contribution in [0.5, 0.6) is 5.75 Å². The lowest BCUT2D eigenvalue weighted by Gasteiger charge is -2.14. The predicted molar refractivity (Wildman–Crippen MR) is 99.3 cm³/mol. The van der Waals surface area contributed by atoms with Gasteiger partial charge in [-0.2, -0.15) is 0 Å². The van der Waals surface area contributed by atoms with Crippen LogP contribution in [0, 0.1) is 0 Å². The van der Waals surface area contributed by atoms with Crippen LogP contribution >= 0.6 is 0 Å². The highest BCUT2D eigenvalue weighted by atomic mass is 16.5. The van der Waals surface area contributed by atoms with Crippen molar-refractivity contribution in [1.29, 1.82) is 0 Å². The number of hydrogen-bond donors (Lipinski definition) is 2. The fourth-order valence-corrected chi connectivity index (χ4v) is 2.68. The zero-order chi connectivity index (χ0) is 18.7. The molecule has 0 aliphatic heterocycles. The first-order valence-corrected chi connectivity index (χ1v) is 8.16. The number of aryl methyl sites for hydroxylation is 1. The minimum Gasteiger partial charge on any atom is -0.497 e. The maximum Gasteiger partial charge on any atom is 0.268 e. The molecule has 7 nitrogen and oxygen atoms in total. The molecule has 2 aromatic heterocycles. The van der Waals surface area contributed by atoms with Crippen LogP contribution in [-0.4, -0.2) is 34.5 Å². The lowest BCUT2D eigenvalue weighted by atomic mass is 10.2. The van der Waals surface area contributed by atoms with Crippen molar-refractivity contribution in [3.05, 3.63) is 54.4 Å². The van der Waals surface area contributed by atoms with Crippen molar-refractivity contribution in [2.24, 2.45) is 7.05 Å². The van der Waals surface area contributed by atoms with Crippen LogP contribution in [-0.2, 0) is 11.8 Å². The first kappa shape index (κ1) is 17.5. The molecule has 134 valence electrons. The van der Waals surface area contributed by atoms with E-state index in [1.54, 1.807) is 49.1 Å². The van der Waals surface area contributed by atoms with Gasteiger partial charge in [-0.1, -0.05) is 6.07 Å². The first-order valence-electron chi connectivity index (χ1n) is 8.16. The number of ether oxygens (including phenoxy) is 1. The van der Waals surface area contributed by atoms with Crippen LogP contribution in [0.1, 0.15) is 17.4 Å². The number of nitrogens with zero attached hydrogens (tertiary/aromatic N) is 2. The highest BCUT2D eigenvalue weighted by Crippen LogP contribution is 2.23. The molecule has 0 unspecified atom stereocenters. The Morgan fingerprint density at radius 3 is 2.69 bits per heavy atom. The van der Waals surface area contributed by atoms with Crippen molar-refractivity contribution in [2.45, 2.75) is 13.0 Å². The number of carbonyl (C=O) groups is 2. The van der Waals surface area contributed by atoms with Gasteiger partial charge in [0.25, 0.3) is 5.91 Å². The maximum absolute atomic E-state index is 12.6. The summed E-state index contributed by atoms with van der Waals surface area (Å²) in [5.74, 6) is 0.497. The molecule has 0 saturated carbocycles.